The summed E-state index contributed by atoms with van der Waals surface area (Å²) >= 11 is 0. The number of nitrogen functional groups attached to an aromatic ring is 3. The number of nitrogens with zero attached hydrogens (tertiary/aromatic N) is 6. The summed E-state index contributed by atoms with van der Waals surface area (Å²) in [5, 5.41) is 7.38. The van der Waals surface area contributed by atoms with Gasteiger partial charge in [0.25, 0.3) is 0 Å². The molecule has 12 nitrogen and oxygen atoms in total. The van der Waals surface area contributed by atoms with Crippen LogP contribution in [0.5, 0.6) is 0 Å². The van der Waals surface area contributed by atoms with E-state index in [0.29, 0.717) is 17.3 Å². The molecule has 47 heavy (non-hydrogen) atoms. The third kappa shape index (κ3) is 6.12. The van der Waals surface area contributed by atoms with E-state index in [1.807, 2.05) is 116 Å². The molecule has 3 aromatic carbocycles. The van der Waals surface area contributed by atoms with Gasteiger partial charge in [0.2, 0.25) is 0 Å². The first kappa shape index (κ1) is 30.6. The summed E-state index contributed by atoms with van der Waals surface area (Å²) in [4.78, 5) is 29.0. The maximum absolute atomic E-state index is 12.2. The van der Waals surface area contributed by atoms with Gasteiger partial charge in [0, 0.05) is 54.7 Å². The Balaban J connectivity index is 0.000000177. The van der Waals surface area contributed by atoms with Crippen LogP contribution in [0.1, 0.15) is 11.1 Å². The van der Waals surface area contributed by atoms with E-state index in [0.717, 1.165) is 66.8 Å². The Morgan fingerprint density at radius 1 is 0.617 bits per heavy atom. The van der Waals surface area contributed by atoms with Gasteiger partial charge in [-0.25, -0.2) is 24.7 Å². The molecule has 0 atom stereocenters. The van der Waals surface area contributed by atoms with Gasteiger partial charge in [-0.15, -0.1) is 0 Å². The van der Waals surface area contributed by atoms with Crippen molar-refractivity contribution in [1.82, 2.24) is 29.1 Å². The fourth-order valence-corrected chi connectivity index (χ4v) is 5.73. The van der Waals surface area contributed by atoms with Crippen LogP contribution in [-0.4, -0.2) is 35.1 Å². The molecule has 0 aliphatic carbocycles. The molecule has 236 valence electrons. The van der Waals surface area contributed by atoms with Gasteiger partial charge in [-0.1, -0.05) is 30.3 Å². The summed E-state index contributed by atoms with van der Waals surface area (Å²) in [6, 6.07) is 20.6. The summed E-state index contributed by atoms with van der Waals surface area (Å²) in [6.07, 6.45) is 6.96. The maximum Gasteiger partial charge on any atom is 0.323 e. The monoisotopic (exact) mass is 625 g/mol. The molecule has 0 aliphatic rings. The summed E-state index contributed by atoms with van der Waals surface area (Å²) in [6.45, 7) is 4.03. The van der Waals surface area contributed by atoms with Crippen LogP contribution >= 0.6 is 0 Å². The molecule has 12 heteroatoms. The van der Waals surface area contributed by atoms with Crippen LogP contribution in [0.15, 0.2) is 91.8 Å². The van der Waals surface area contributed by atoms with Gasteiger partial charge in [0.1, 0.15) is 35.6 Å². The van der Waals surface area contributed by atoms with Crippen LogP contribution in [0.25, 0.3) is 44.3 Å². The molecular weight excluding hydrogens is 590 g/mol. The van der Waals surface area contributed by atoms with E-state index in [-0.39, 0.29) is 6.03 Å². The predicted octanol–water partition coefficient (Wildman–Crippen LogP) is 6.28. The maximum atomic E-state index is 12.2. The SMILES string of the molecule is Cc1cc(N)ccc1-c1cn(C)c2ncnc(N)c12.Cc1cc(NC(=O)Nc2ccccc2)ccc1-c1cn(C)c2ncnc(N)c12. The van der Waals surface area contributed by atoms with Crippen LogP contribution in [0.2, 0.25) is 0 Å². The first-order valence-electron chi connectivity index (χ1n) is 14.8. The number of benzene rings is 3. The van der Waals surface area contributed by atoms with Crippen molar-refractivity contribution < 1.29 is 4.79 Å². The van der Waals surface area contributed by atoms with Gasteiger partial charge in [-0.3, -0.25) is 0 Å². The van der Waals surface area contributed by atoms with E-state index in [9.17, 15) is 4.79 Å². The average Bonchev–Trinajstić information content (AvgIpc) is 3.56. The molecule has 7 rings (SSSR count). The topological polar surface area (TPSA) is 181 Å². The van der Waals surface area contributed by atoms with E-state index < -0.39 is 0 Å². The minimum absolute atomic E-state index is 0.291. The number of aromatic nitrogens is 6. The van der Waals surface area contributed by atoms with Crippen LogP contribution in [0.4, 0.5) is 33.5 Å². The Morgan fingerprint density at radius 3 is 1.66 bits per heavy atom. The lowest BCUT2D eigenvalue weighted by molar-refractivity contribution is 0.262. The van der Waals surface area contributed by atoms with E-state index >= 15 is 0 Å². The molecule has 0 radical (unpaired) electrons. The van der Waals surface area contributed by atoms with Crippen molar-refractivity contribution in [3.05, 3.63) is 103 Å². The van der Waals surface area contributed by atoms with Gasteiger partial charge in [0.15, 0.2) is 0 Å². The number of carbonyl (C=O) groups is 1. The first-order chi connectivity index (χ1) is 22.6. The molecule has 0 bridgehead atoms. The van der Waals surface area contributed by atoms with Crippen molar-refractivity contribution in [2.24, 2.45) is 14.1 Å². The van der Waals surface area contributed by atoms with E-state index in [1.165, 1.54) is 12.7 Å². The number of amides is 2. The lowest BCUT2D eigenvalue weighted by atomic mass is 10.00. The number of nitrogens with two attached hydrogens (primary N) is 3. The highest BCUT2D eigenvalue weighted by molar-refractivity contribution is 6.03. The molecule has 4 heterocycles. The number of nitrogens with one attached hydrogen (secondary N) is 2. The molecule has 2 amide bonds. The lowest BCUT2D eigenvalue weighted by Crippen LogP contribution is -2.19. The van der Waals surface area contributed by atoms with Crippen LogP contribution in [0.3, 0.4) is 0 Å². The summed E-state index contributed by atoms with van der Waals surface area (Å²) in [5.74, 6) is 0.946. The lowest BCUT2D eigenvalue weighted by Gasteiger charge is -2.11. The quantitative estimate of drug-likeness (QED) is 0.142. The second-order valence-electron chi connectivity index (χ2n) is 11.3. The van der Waals surface area contributed by atoms with Gasteiger partial charge in [-0.2, -0.15) is 0 Å². The zero-order valence-electron chi connectivity index (χ0n) is 26.5. The minimum atomic E-state index is -0.291. The molecular formula is C35H35N11O. The molecule has 0 spiro atoms. The first-order valence-corrected chi connectivity index (χ1v) is 14.8. The Labute approximate surface area is 271 Å². The Morgan fingerprint density at radius 2 is 1.13 bits per heavy atom. The second kappa shape index (κ2) is 12.5. The highest BCUT2D eigenvalue weighted by Crippen LogP contribution is 2.36. The van der Waals surface area contributed by atoms with Crippen molar-refractivity contribution in [3.8, 4) is 22.3 Å². The fraction of sp³-hybridized carbons (Fsp3) is 0.114. The number of rotatable bonds is 4. The molecule has 0 fully saturated rings. The smallest absolute Gasteiger partial charge is 0.323 e. The summed E-state index contributed by atoms with van der Waals surface area (Å²) in [5.41, 5.74) is 27.9. The van der Waals surface area contributed by atoms with Crippen molar-refractivity contribution in [3.63, 3.8) is 0 Å². The fourth-order valence-electron chi connectivity index (χ4n) is 5.73. The van der Waals surface area contributed by atoms with E-state index in [1.54, 1.807) is 0 Å². The Hall–Kier alpha value is -6.43. The molecule has 0 aliphatic heterocycles. The Bertz CT molecular complexity index is 2250. The molecule has 0 saturated heterocycles. The highest BCUT2D eigenvalue weighted by Gasteiger charge is 2.16. The van der Waals surface area contributed by atoms with Crippen LogP contribution < -0.4 is 27.8 Å². The third-order valence-corrected chi connectivity index (χ3v) is 7.91. The molecule has 8 N–H and O–H groups in total. The Kier molecular flexibility index (Phi) is 8.15. The standard InChI is InChI=1S/C21H20N6O.C14H15N5/c1-13-10-15(26-21(28)25-14-6-4-3-5-7-14)8-9-16(13)17-11-27(2)20-18(17)19(22)23-12-24-20;1-8-5-9(15)3-4-10(8)11-6-19(2)14-12(11)13(16)17-7-18-14/h3-12H,1-2H3,(H2,22,23,24)(H2,25,26,28);3-7H,15H2,1-2H3,(H2,16,17,18). The zero-order valence-corrected chi connectivity index (χ0v) is 26.5. The van der Waals surface area contributed by atoms with Gasteiger partial charge >= 0.3 is 6.03 Å². The number of urea groups is 1. The average molecular weight is 626 g/mol. The number of para-hydroxylation sites is 1. The number of aryl methyl sites for hydroxylation is 4. The predicted molar refractivity (Wildman–Crippen MR) is 190 cm³/mol. The van der Waals surface area contributed by atoms with E-state index in [2.05, 4.69) is 30.6 Å². The number of hydrogen-bond acceptors (Lipinski definition) is 8. The molecule has 0 saturated carbocycles. The van der Waals surface area contributed by atoms with Gasteiger partial charge in [0.05, 0.1) is 10.8 Å². The number of hydrogen-bond donors (Lipinski definition) is 5. The normalized spacial score (nSPS) is 10.9. The minimum Gasteiger partial charge on any atom is -0.399 e. The van der Waals surface area contributed by atoms with Crippen LogP contribution in [0, 0.1) is 13.8 Å². The van der Waals surface area contributed by atoms with Gasteiger partial charge < -0.3 is 37.0 Å². The van der Waals surface area contributed by atoms with Crippen molar-refractivity contribution in [2.75, 3.05) is 27.8 Å². The van der Waals surface area contributed by atoms with Crippen molar-refractivity contribution in [1.29, 1.82) is 0 Å². The summed E-state index contributed by atoms with van der Waals surface area (Å²) in [7, 11) is 3.88. The van der Waals surface area contributed by atoms with Gasteiger partial charge in [-0.05, 0) is 72.5 Å². The summed E-state index contributed by atoms with van der Waals surface area (Å²) < 4.78 is 3.89. The van der Waals surface area contributed by atoms with Crippen LogP contribution in [-0.2, 0) is 14.1 Å². The largest absolute Gasteiger partial charge is 0.399 e. The zero-order chi connectivity index (χ0) is 33.2. The highest BCUT2D eigenvalue weighted by atomic mass is 16.2. The van der Waals surface area contributed by atoms with Crippen molar-refractivity contribution in [2.45, 2.75) is 13.8 Å². The second-order valence-corrected chi connectivity index (χ2v) is 11.3. The third-order valence-electron chi connectivity index (χ3n) is 7.91. The number of anilines is 5. The molecule has 0 unspecified atom stereocenters. The molecule has 7 aromatic rings. The molecule has 4 aromatic heterocycles. The van der Waals surface area contributed by atoms with E-state index in [4.69, 9.17) is 17.2 Å². The number of fused-ring (bicyclic) bond motifs is 2. The van der Waals surface area contributed by atoms with Crippen molar-refractivity contribution >= 4 is 56.8 Å². The number of carbonyl (C=O) groups excluding carboxylic acids is 1.